The minimum atomic E-state index is -1.70. The third kappa shape index (κ3) is 3.94. The summed E-state index contributed by atoms with van der Waals surface area (Å²) in [7, 11) is -3.40. The van der Waals surface area contributed by atoms with Crippen LogP contribution < -0.4 is 0 Å². The van der Waals surface area contributed by atoms with Gasteiger partial charge in [-0.15, -0.1) is 0 Å². The SMILES string of the molecule is C[Si](C)(C)C1([Si](C)(C)C)O[C@@H]1COC(=O)c1cc([N+](=O)[O-])cc([N+](=O)[O-])c1. The number of carbonyl (C=O) groups is 1. The first kappa shape index (κ1) is 21.2. The van der Waals surface area contributed by atoms with E-state index in [4.69, 9.17) is 9.47 Å². The van der Waals surface area contributed by atoms with Crippen molar-refractivity contribution in [2.24, 2.45) is 0 Å². The number of hydrogen-bond donors (Lipinski definition) is 0. The molecule has 0 spiro atoms. The summed E-state index contributed by atoms with van der Waals surface area (Å²) in [6.07, 6.45) is -0.200. The van der Waals surface area contributed by atoms with E-state index in [0.29, 0.717) is 0 Å². The molecule has 0 bridgehead atoms. The van der Waals surface area contributed by atoms with Gasteiger partial charge in [0.05, 0.1) is 42.5 Å². The molecule has 0 aromatic heterocycles. The van der Waals surface area contributed by atoms with Gasteiger partial charge in [-0.1, -0.05) is 39.3 Å². The average Bonchev–Trinajstić information content (AvgIpc) is 3.27. The molecule has 1 aliphatic heterocycles. The predicted molar refractivity (Wildman–Crippen MR) is 104 cm³/mol. The van der Waals surface area contributed by atoms with Gasteiger partial charge in [0.2, 0.25) is 0 Å². The number of nitro groups is 2. The Morgan fingerprint density at radius 1 is 1.04 bits per heavy atom. The Kier molecular flexibility index (Phi) is 5.34. The normalized spacial score (nSPS) is 18.7. The second kappa shape index (κ2) is 6.80. The summed E-state index contributed by atoms with van der Waals surface area (Å²) in [5, 5.41) is 21.9. The van der Waals surface area contributed by atoms with Crippen molar-refractivity contribution >= 4 is 33.5 Å². The molecule has 27 heavy (non-hydrogen) atoms. The van der Waals surface area contributed by atoms with Crippen molar-refractivity contribution in [3.63, 3.8) is 0 Å². The highest BCUT2D eigenvalue weighted by Gasteiger charge is 2.70. The molecule has 0 N–H and O–H groups in total. The Balaban J connectivity index is 2.18. The van der Waals surface area contributed by atoms with Gasteiger partial charge in [-0.25, -0.2) is 4.79 Å². The summed E-state index contributed by atoms with van der Waals surface area (Å²) in [5.74, 6) is -0.836. The maximum absolute atomic E-state index is 12.3. The van der Waals surface area contributed by atoms with Crippen molar-refractivity contribution in [1.29, 1.82) is 0 Å². The van der Waals surface area contributed by atoms with Crippen LogP contribution in [0, 0.1) is 20.2 Å². The molecule has 0 radical (unpaired) electrons. The monoisotopic (exact) mass is 412 g/mol. The van der Waals surface area contributed by atoms with Crippen LogP contribution in [-0.4, -0.2) is 49.5 Å². The Morgan fingerprint density at radius 3 is 1.81 bits per heavy atom. The molecule has 0 unspecified atom stereocenters. The molecule has 1 fully saturated rings. The lowest BCUT2D eigenvalue weighted by Gasteiger charge is -2.36. The fourth-order valence-corrected chi connectivity index (χ4v) is 16.0. The molecule has 1 aliphatic rings. The molecular weight excluding hydrogens is 388 g/mol. The zero-order valence-electron chi connectivity index (χ0n) is 16.3. The number of esters is 1. The summed E-state index contributed by atoms with van der Waals surface area (Å²) < 4.78 is 11.4. The topological polar surface area (TPSA) is 125 Å². The molecule has 9 nitrogen and oxygen atoms in total. The number of rotatable bonds is 7. The molecule has 1 heterocycles. The quantitative estimate of drug-likeness (QED) is 0.220. The van der Waals surface area contributed by atoms with E-state index in [1.165, 1.54) is 0 Å². The first-order chi connectivity index (χ1) is 12.2. The van der Waals surface area contributed by atoms with E-state index in [0.717, 1.165) is 18.2 Å². The van der Waals surface area contributed by atoms with Crippen LogP contribution in [0.15, 0.2) is 18.2 Å². The first-order valence-corrected chi connectivity index (χ1v) is 15.5. The van der Waals surface area contributed by atoms with Crippen LogP contribution in [0.3, 0.4) is 0 Å². The average molecular weight is 413 g/mol. The Bertz CT molecular complexity index is 753. The molecule has 0 amide bonds. The molecule has 0 aliphatic carbocycles. The molecule has 148 valence electrons. The minimum absolute atomic E-state index is 0.0316. The van der Waals surface area contributed by atoms with Crippen LogP contribution in [0.5, 0.6) is 0 Å². The second-order valence-electron chi connectivity index (χ2n) is 8.69. The van der Waals surface area contributed by atoms with E-state index < -0.39 is 43.3 Å². The number of non-ortho nitro benzene ring substituents is 2. The number of carbonyl (C=O) groups excluding carboxylic acids is 1. The van der Waals surface area contributed by atoms with Gasteiger partial charge in [0.1, 0.15) is 12.7 Å². The first-order valence-electron chi connectivity index (χ1n) is 8.49. The van der Waals surface area contributed by atoms with Crippen molar-refractivity contribution in [3.05, 3.63) is 44.0 Å². The maximum Gasteiger partial charge on any atom is 0.338 e. The van der Waals surface area contributed by atoms with E-state index in [9.17, 15) is 25.0 Å². The zero-order chi connectivity index (χ0) is 20.8. The number of nitrogens with zero attached hydrogens (tertiary/aromatic N) is 2. The van der Waals surface area contributed by atoms with Gasteiger partial charge < -0.3 is 9.47 Å². The molecule has 11 heteroatoms. The van der Waals surface area contributed by atoms with Crippen LogP contribution >= 0.6 is 0 Å². The third-order valence-electron chi connectivity index (χ3n) is 4.88. The number of epoxide rings is 1. The molecule has 1 aromatic carbocycles. The Labute approximate surface area is 159 Å². The van der Waals surface area contributed by atoms with Crippen LogP contribution in [0.1, 0.15) is 10.4 Å². The summed E-state index contributed by atoms with van der Waals surface area (Å²) in [6, 6.07) is 2.77. The minimum Gasteiger partial charge on any atom is -0.459 e. The molecule has 1 aromatic rings. The van der Waals surface area contributed by atoms with E-state index in [1.807, 2.05) is 0 Å². The van der Waals surface area contributed by atoms with Gasteiger partial charge in [0.15, 0.2) is 0 Å². The van der Waals surface area contributed by atoms with Crippen molar-refractivity contribution in [2.75, 3.05) is 6.61 Å². The molecule has 1 atom stereocenters. The van der Waals surface area contributed by atoms with Gasteiger partial charge in [0.25, 0.3) is 11.4 Å². The van der Waals surface area contributed by atoms with E-state index in [2.05, 4.69) is 39.3 Å². The highest BCUT2D eigenvalue weighted by Crippen LogP contribution is 2.51. The summed E-state index contributed by atoms with van der Waals surface area (Å²) >= 11 is 0. The van der Waals surface area contributed by atoms with E-state index >= 15 is 0 Å². The number of nitro benzene ring substituents is 2. The van der Waals surface area contributed by atoms with Crippen LogP contribution in [0.2, 0.25) is 39.3 Å². The van der Waals surface area contributed by atoms with Crippen molar-refractivity contribution in [2.45, 2.75) is 50.2 Å². The second-order valence-corrected chi connectivity index (χ2v) is 19.7. The summed E-state index contributed by atoms with van der Waals surface area (Å²) in [5.41, 5.74) is -1.28. The number of hydrogen-bond acceptors (Lipinski definition) is 7. The van der Waals surface area contributed by atoms with E-state index in [1.54, 1.807) is 0 Å². The fourth-order valence-electron chi connectivity index (χ4n) is 3.94. The summed E-state index contributed by atoms with van der Waals surface area (Å²) in [6.45, 7) is 13.3. The van der Waals surface area contributed by atoms with Gasteiger partial charge >= 0.3 is 5.97 Å². The predicted octanol–water partition coefficient (Wildman–Crippen LogP) is 3.55. The number of benzene rings is 1. The van der Waals surface area contributed by atoms with Crippen LogP contribution in [-0.2, 0) is 9.47 Å². The maximum atomic E-state index is 12.3. The van der Waals surface area contributed by atoms with Crippen molar-refractivity contribution in [3.8, 4) is 0 Å². The summed E-state index contributed by atoms with van der Waals surface area (Å²) in [4.78, 5) is 32.5. The van der Waals surface area contributed by atoms with Gasteiger partial charge in [-0.05, 0) is 0 Å². The highest BCUT2D eigenvalue weighted by molar-refractivity contribution is 6.99. The highest BCUT2D eigenvalue weighted by atomic mass is 28.4. The molecule has 2 rings (SSSR count). The Morgan fingerprint density at radius 2 is 1.48 bits per heavy atom. The molecular formula is C16H24N2O7Si2. The third-order valence-corrected chi connectivity index (χ3v) is 14.7. The van der Waals surface area contributed by atoms with Gasteiger partial charge in [-0.2, -0.15) is 0 Å². The Hall–Kier alpha value is -2.12. The van der Waals surface area contributed by atoms with Crippen molar-refractivity contribution in [1.82, 2.24) is 0 Å². The lowest BCUT2D eigenvalue weighted by Crippen LogP contribution is -2.59. The van der Waals surface area contributed by atoms with Crippen LogP contribution in [0.4, 0.5) is 11.4 Å². The molecule has 0 saturated carbocycles. The van der Waals surface area contributed by atoms with Gasteiger partial charge in [-0.3, -0.25) is 20.2 Å². The smallest absolute Gasteiger partial charge is 0.338 e. The lowest BCUT2D eigenvalue weighted by molar-refractivity contribution is -0.394. The van der Waals surface area contributed by atoms with Crippen molar-refractivity contribution < 1.29 is 24.1 Å². The lowest BCUT2D eigenvalue weighted by atomic mass is 10.2. The standard InChI is InChI=1S/C16H24N2O7Si2/c1-26(2,3)16(27(4,5)6)14(25-16)10-24-15(19)11-7-12(17(20)21)9-13(8-11)18(22)23/h7-9,14H,10H2,1-6H3/t14-/m1/s1. The zero-order valence-corrected chi connectivity index (χ0v) is 18.3. The molecule has 1 saturated heterocycles. The number of ether oxygens (including phenoxy) is 2. The van der Waals surface area contributed by atoms with E-state index in [-0.39, 0.29) is 23.1 Å². The fraction of sp³-hybridized carbons (Fsp3) is 0.562. The van der Waals surface area contributed by atoms with Crippen LogP contribution in [0.25, 0.3) is 0 Å². The van der Waals surface area contributed by atoms with Gasteiger partial charge in [0, 0.05) is 12.1 Å². The largest absolute Gasteiger partial charge is 0.459 e.